The Morgan fingerprint density at radius 2 is 1.90 bits per heavy atom. The maximum absolute atomic E-state index is 13.1. The van der Waals surface area contributed by atoms with Crippen molar-refractivity contribution in [3.05, 3.63) is 54.4 Å². The third kappa shape index (κ3) is 4.38. The Labute approximate surface area is 179 Å². The number of carbonyl (C=O) groups is 1. The standard InChI is InChI=1S/C21H21N5O4S/c22-8-7-16-3-5-17(6-4-16)30-15-20(27)25-10-12-26(13-11-25)31(28,29)19-14-24-21-18(19)2-1-9-23-21/h1-6,9,14H,7,10-13,15H2,(H,23,24). The summed E-state index contributed by atoms with van der Waals surface area (Å²) >= 11 is 0. The highest BCUT2D eigenvalue weighted by Gasteiger charge is 2.32. The van der Waals surface area contributed by atoms with Crippen LogP contribution in [0.2, 0.25) is 0 Å². The van der Waals surface area contributed by atoms with E-state index in [9.17, 15) is 13.2 Å². The molecule has 0 saturated carbocycles. The van der Waals surface area contributed by atoms with Gasteiger partial charge in [0.25, 0.3) is 5.91 Å². The van der Waals surface area contributed by atoms with Crippen LogP contribution >= 0.6 is 0 Å². The molecule has 10 heteroatoms. The van der Waals surface area contributed by atoms with Crippen LogP contribution in [0, 0.1) is 11.3 Å². The normalized spacial score (nSPS) is 15.0. The summed E-state index contributed by atoms with van der Waals surface area (Å²) in [7, 11) is -3.69. The summed E-state index contributed by atoms with van der Waals surface area (Å²) in [6.07, 6.45) is 3.38. The number of fused-ring (bicyclic) bond motifs is 1. The van der Waals surface area contributed by atoms with Crippen LogP contribution < -0.4 is 4.74 Å². The first-order chi connectivity index (χ1) is 15.0. The predicted molar refractivity (Wildman–Crippen MR) is 113 cm³/mol. The number of ether oxygens (including phenoxy) is 1. The minimum atomic E-state index is -3.69. The van der Waals surface area contributed by atoms with Crippen LogP contribution in [0.4, 0.5) is 0 Å². The van der Waals surface area contributed by atoms with Gasteiger partial charge in [-0.15, -0.1) is 0 Å². The second kappa shape index (κ2) is 8.75. The first-order valence-electron chi connectivity index (χ1n) is 9.78. The molecule has 31 heavy (non-hydrogen) atoms. The molecule has 1 aliphatic rings. The maximum atomic E-state index is 13.1. The van der Waals surface area contributed by atoms with Crippen LogP contribution in [0.5, 0.6) is 5.75 Å². The monoisotopic (exact) mass is 439 g/mol. The SMILES string of the molecule is N#CCc1ccc(OCC(=O)N2CCN(S(=O)(=O)c3c[nH]c4ncccc34)CC2)cc1. The molecule has 0 spiro atoms. The Kier molecular flexibility index (Phi) is 5.88. The van der Waals surface area contributed by atoms with Gasteiger partial charge >= 0.3 is 0 Å². The summed E-state index contributed by atoms with van der Waals surface area (Å²) in [6, 6.07) is 12.5. The van der Waals surface area contributed by atoms with Gasteiger partial charge in [0.2, 0.25) is 10.0 Å². The van der Waals surface area contributed by atoms with E-state index in [2.05, 4.69) is 16.0 Å². The van der Waals surface area contributed by atoms with E-state index in [0.717, 1.165) is 5.56 Å². The number of benzene rings is 1. The van der Waals surface area contributed by atoms with Crippen molar-refractivity contribution in [2.45, 2.75) is 11.3 Å². The number of H-pyrrole nitrogens is 1. The van der Waals surface area contributed by atoms with Gasteiger partial charge in [-0.05, 0) is 29.8 Å². The van der Waals surface area contributed by atoms with Gasteiger partial charge in [0.15, 0.2) is 6.61 Å². The van der Waals surface area contributed by atoms with Gasteiger partial charge in [0.05, 0.1) is 12.5 Å². The van der Waals surface area contributed by atoms with Crippen molar-refractivity contribution < 1.29 is 17.9 Å². The van der Waals surface area contributed by atoms with Crippen LogP contribution in [0.3, 0.4) is 0 Å². The largest absolute Gasteiger partial charge is 0.484 e. The fourth-order valence-corrected chi connectivity index (χ4v) is 5.07. The van der Waals surface area contributed by atoms with E-state index >= 15 is 0 Å². The number of amides is 1. The zero-order valence-corrected chi connectivity index (χ0v) is 17.5. The van der Waals surface area contributed by atoms with E-state index in [-0.39, 0.29) is 30.5 Å². The molecule has 1 amide bonds. The lowest BCUT2D eigenvalue weighted by Crippen LogP contribution is -2.51. The van der Waals surface area contributed by atoms with Crippen LogP contribution in [-0.2, 0) is 21.2 Å². The van der Waals surface area contributed by atoms with Crippen LogP contribution in [0.15, 0.2) is 53.7 Å². The molecule has 2 aromatic heterocycles. The Morgan fingerprint density at radius 3 is 2.61 bits per heavy atom. The zero-order chi connectivity index (χ0) is 21.8. The molecular formula is C21H21N5O4S. The number of aromatic nitrogens is 2. The summed E-state index contributed by atoms with van der Waals surface area (Å²) < 4.78 is 33.0. The van der Waals surface area contributed by atoms with Crippen LogP contribution in [0.1, 0.15) is 5.56 Å². The van der Waals surface area contributed by atoms with Gasteiger partial charge in [0, 0.05) is 44.0 Å². The van der Waals surface area contributed by atoms with Crippen molar-refractivity contribution in [2.24, 2.45) is 0 Å². The fourth-order valence-electron chi connectivity index (χ4n) is 3.49. The molecule has 0 radical (unpaired) electrons. The van der Waals surface area contributed by atoms with Crippen molar-refractivity contribution in [3.8, 4) is 11.8 Å². The van der Waals surface area contributed by atoms with E-state index in [0.29, 0.717) is 36.3 Å². The minimum Gasteiger partial charge on any atom is -0.484 e. The summed E-state index contributed by atoms with van der Waals surface area (Å²) in [6.45, 7) is 0.887. The number of pyridine rings is 1. The molecule has 160 valence electrons. The third-order valence-corrected chi connectivity index (χ3v) is 7.13. The summed E-state index contributed by atoms with van der Waals surface area (Å²) in [5, 5.41) is 9.25. The molecule has 3 heterocycles. The highest BCUT2D eigenvalue weighted by atomic mass is 32.2. The number of nitrogens with zero attached hydrogens (tertiary/aromatic N) is 4. The summed E-state index contributed by atoms with van der Waals surface area (Å²) in [5.74, 6) is 0.346. The summed E-state index contributed by atoms with van der Waals surface area (Å²) in [5.41, 5.74) is 1.40. The zero-order valence-electron chi connectivity index (χ0n) is 16.7. The number of nitriles is 1. The van der Waals surface area contributed by atoms with Gasteiger partial charge in [-0.1, -0.05) is 12.1 Å². The van der Waals surface area contributed by atoms with Gasteiger partial charge < -0.3 is 14.6 Å². The second-order valence-corrected chi connectivity index (χ2v) is 9.01. The molecule has 0 bridgehead atoms. The average Bonchev–Trinajstić information content (AvgIpc) is 3.24. The smallest absolute Gasteiger partial charge is 0.260 e. The predicted octanol–water partition coefficient (Wildman–Crippen LogP) is 1.54. The van der Waals surface area contributed by atoms with Gasteiger partial charge in [-0.3, -0.25) is 4.79 Å². The van der Waals surface area contributed by atoms with Crippen molar-refractivity contribution in [3.63, 3.8) is 0 Å². The van der Waals surface area contributed by atoms with Gasteiger partial charge in [0.1, 0.15) is 16.3 Å². The second-order valence-electron chi connectivity index (χ2n) is 7.10. The van der Waals surface area contributed by atoms with E-state index in [4.69, 9.17) is 10.00 Å². The van der Waals surface area contributed by atoms with Gasteiger partial charge in [-0.25, -0.2) is 13.4 Å². The Morgan fingerprint density at radius 1 is 1.16 bits per heavy atom. The minimum absolute atomic E-state index is 0.127. The number of piperazine rings is 1. The Hall–Kier alpha value is -3.42. The highest BCUT2D eigenvalue weighted by molar-refractivity contribution is 7.89. The number of hydrogen-bond acceptors (Lipinski definition) is 6. The molecule has 9 nitrogen and oxygen atoms in total. The fraction of sp³-hybridized carbons (Fsp3) is 0.286. The molecule has 1 saturated heterocycles. The van der Waals surface area contributed by atoms with Crippen molar-refractivity contribution in [1.29, 1.82) is 5.26 Å². The topological polar surface area (TPSA) is 119 Å². The molecule has 3 aromatic rings. The van der Waals surface area contributed by atoms with E-state index in [1.54, 1.807) is 47.5 Å². The van der Waals surface area contributed by atoms with Crippen LogP contribution in [0.25, 0.3) is 11.0 Å². The molecule has 0 unspecified atom stereocenters. The maximum Gasteiger partial charge on any atom is 0.260 e. The molecule has 0 aliphatic carbocycles. The molecule has 1 aliphatic heterocycles. The van der Waals surface area contributed by atoms with E-state index < -0.39 is 10.0 Å². The molecule has 0 atom stereocenters. The number of carbonyl (C=O) groups excluding carboxylic acids is 1. The Balaban J connectivity index is 1.33. The first-order valence-corrected chi connectivity index (χ1v) is 11.2. The number of hydrogen-bond donors (Lipinski definition) is 1. The highest BCUT2D eigenvalue weighted by Crippen LogP contribution is 2.25. The summed E-state index contributed by atoms with van der Waals surface area (Å²) in [4.78, 5) is 21.3. The third-order valence-electron chi connectivity index (χ3n) is 5.19. The quantitative estimate of drug-likeness (QED) is 0.622. The molecule has 1 fully saturated rings. The van der Waals surface area contributed by atoms with E-state index in [1.165, 1.54) is 10.5 Å². The molecule has 4 rings (SSSR count). The number of aromatic amines is 1. The average molecular weight is 439 g/mol. The van der Waals surface area contributed by atoms with Crippen molar-refractivity contribution in [1.82, 2.24) is 19.2 Å². The molecular weight excluding hydrogens is 418 g/mol. The number of nitrogens with one attached hydrogen (secondary N) is 1. The first kappa shape index (κ1) is 20.8. The lowest BCUT2D eigenvalue weighted by atomic mass is 10.2. The number of sulfonamides is 1. The van der Waals surface area contributed by atoms with Crippen molar-refractivity contribution in [2.75, 3.05) is 32.8 Å². The number of rotatable bonds is 6. The lowest BCUT2D eigenvalue weighted by Gasteiger charge is -2.33. The van der Waals surface area contributed by atoms with Crippen LogP contribution in [-0.4, -0.2) is 66.3 Å². The van der Waals surface area contributed by atoms with E-state index in [1.807, 2.05) is 0 Å². The van der Waals surface area contributed by atoms with Gasteiger partial charge in [-0.2, -0.15) is 9.57 Å². The lowest BCUT2D eigenvalue weighted by molar-refractivity contribution is -0.134. The molecule has 1 N–H and O–H groups in total. The molecule has 1 aromatic carbocycles. The Bertz CT molecular complexity index is 1220. The van der Waals surface area contributed by atoms with Crippen molar-refractivity contribution >= 4 is 27.0 Å².